The van der Waals surface area contributed by atoms with E-state index in [1.54, 1.807) is 19.2 Å². The molecule has 0 aliphatic carbocycles. The molecule has 29 heavy (non-hydrogen) atoms. The first-order valence-electron chi connectivity index (χ1n) is 9.67. The number of nitrogens with zero attached hydrogens (tertiary/aromatic N) is 2. The van der Waals surface area contributed by atoms with E-state index in [2.05, 4.69) is 47.2 Å². The number of halogens is 1. The topological polar surface area (TPSA) is 54.0 Å². The van der Waals surface area contributed by atoms with Gasteiger partial charge in [0.2, 0.25) is 5.91 Å². The number of hydrogen-bond donors (Lipinski definition) is 1. The molecule has 3 rings (SSSR count). The Labute approximate surface area is 177 Å². The van der Waals surface area contributed by atoms with Crippen molar-refractivity contribution in [3.63, 3.8) is 0 Å². The predicted octanol–water partition coefficient (Wildman–Crippen LogP) is 3.73. The number of ether oxygens (including phenoxy) is 2. The zero-order valence-corrected chi connectivity index (χ0v) is 18.2. The largest absolute Gasteiger partial charge is 0.495 e. The van der Waals surface area contributed by atoms with Gasteiger partial charge in [-0.25, -0.2) is 0 Å². The van der Waals surface area contributed by atoms with Crippen LogP contribution in [0.3, 0.4) is 0 Å². The minimum atomic E-state index is -0.0899. The van der Waals surface area contributed by atoms with Crippen molar-refractivity contribution in [2.24, 2.45) is 0 Å². The van der Waals surface area contributed by atoms with Gasteiger partial charge in [-0.05, 0) is 31.0 Å². The Morgan fingerprint density at radius 1 is 1.07 bits per heavy atom. The average molecular weight is 418 g/mol. The van der Waals surface area contributed by atoms with Crippen LogP contribution in [-0.2, 0) is 4.79 Å². The number of hydrogen-bond acceptors (Lipinski definition) is 5. The standard InChI is InChI=1S/C22H28ClN3O3/c1-15-6-5-7-19(16(15)2)26-10-8-25(9-11-26)14-22(27)24-18-13-20(28-3)17(23)12-21(18)29-4/h5-7,12-13H,8-11,14H2,1-4H3,(H,24,27). The molecule has 0 spiro atoms. The number of piperazine rings is 1. The molecule has 7 heteroatoms. The van der Waals surface area contributed by atoms with Gasteiger partial charge in [-0.2, -0.15) is 0 Å². The predicted molar refractivity (Wildman–Crippen MR) is 118 cm³/mol. The molecule has 1 saturated heterocycles. The van der Waals surface area contributed by atoms with Gasteiger partial charge in [-0.1, -0.05) is 23.7 Å². The number of anilines is 2. The van der Waals surface area contributed by atoms with Gasteiger partial charge in [0.25, 0.3) is 0 Å². The highest BCUT2D eigenvalue weighted by molar-refractivity contribution is 6.32. The van der Waals surface area contributed by atoms with Gasteiger partial charge in [-0.15, -0.1) is 0 Å². The molecule has 0 bridgehead atoms. The van der Waals surface area contributed by atoms with Crippen LogP contribution >= 0.6 is 11.6 Å². The molecule has 0 radical (unpaired) electrons. The average Bonchev–Trinajstić information content (AvgIpc) is 2.71. The van der Waals surface area contributed by atoms with Gasteiger partial charge in [0.15, 0.2) is 0 Å². The SMILES string of the molecule is COc1cc(NC(=O)CN2CCN(c3cccc(C)c3C)CC2)c(OC)cc1Cl. The van der Waals surface area contributed by atoms with Crippen LogP contribution in [0.15, 0.2) is 30.3 Å². The summed E-state index contributed by atoms with van der Waals surface area (Å²) in [7, 11) is 3.08. The van der Waals surface area contributed by atoms with Crippen molar-refractivity contribution in [1.29, 1.82) is 0 Å². The number of methoxy groups -OCH3 is 2. The van der Waals surface area contributed by atoms with Crippen LogP contribution in [-0.4, -0.2) is 57.8 Å². The quantitative estimate of drug-likeness (QED) is 0.776. The Hall–Kier alpha value is -2.44. The van der Waals surface area contributed by atoms with Crippen molar-refractivity contribution < 1.29 is 14.3 Å². The summed E-state index contributed by atoms with van der Waals surface area (Å²) in [5, 5.41) is 3.35. The van der Waals surface area contributed by atoms with Crippen molar-refractivity contribution in [2.75, 3.05) is 57.2 Å². The Kier molecular flexibility index (Phi) is 6.87. The molecule has 0 aromatic heterocycles. The first kappa shape index (κ1) is 21.3. The van der Waals surface area contributed by atoms with Crippen LogP contribution < -0.4 is 19.7 Å². The molecule has 1 fully saturated rings. The monoisotopic (exact) mass is 417 g/mol. The second-order valence-corrected chi connectivity index (χ2v) is 7.62. The highest BCUT2D eigenvalue weighted by Crippen LogP contribution is 2.35. The zero-order chi connectivity index (χ0) is 21.0. The van der Waals surface area contributed by atoms with Gasteiger partial charge in [0, 0.05) is 44.0 Å². The summed E-state index contributed by atoms with van der Waals surface area (Å²) in [6, 6.07) is 9.73. The minimum Gasteiger partial charge on any atom is -0.495 e. The number of nitrogens with one attached hydrogen (secondary N) is 1. The summed E-state index contributed by atoms with van der Waals surface area (Å²) in [6.07, 6.45) is 0. The molecule has 156 valence electrons. The second kappa shape index (κ2) is 9.37. The Morgan fingerprint density at radius 3 is 2.41 bits per heavy atom. The second-order valence-electron chi connectivity index (χ2n) is 7.22. The van der Waals surface area contributed by atoms with E-state index in [0.29, 0.717) is 28.8 Å². The maximum atomic E-state index is 12.6. The van der Waals surface area contributed by atoms with Crippen molar-refractivity contribution >= 4 is 28.9 Å². The Balaban J connectivity index is 1.58. The lowest BCUT2D eigenvalue weighted by molar-refractivity contribution is -0.117. The van der Waals surface area contributed by atoms with Crippen LogP contribution in [0.25, 0.3) is 0 Å². The van der Waals surface area contributed by atoms with Crippen LogP contribution in [0.2, 0.25) is 5.02 Å². The molecule has 1 aliphatic rings. The number of carbonyl (C=O) groups excluding carboxylic acids is 1. The normalized spacial score (nSPS) is 14.6. The van der Waals surface area contributed by atoms with E-state index in [4.69, 9.17) is 21.1 Å². The van der Waals surface area contributed by atoms with Gasteiger partial charge < -0.3 is 19.7 Å². The number of carbonyl (C=O) groups is 1. The first-order valence-corrected chi connectivity index (χ1v) is 10.1. The molecule has 1 amide bonds. The third-order valence-electron chi connectivity index (χ3n) is 5.40. The van der Waals surface area contributed by atoms with E-state index in [1.807, 2.05) is 0 Å². The Morgan fingerprint density at radius 2 is 1.76 bits per heavy atom. The third kappa shape index (κ3) is 4.95. The summed E-state index contributed by atoms with van der Waals surface area (Å²) in [5.74, 6) is 0.904. The molecular formula is C22H28ClN3O3. The molecule has 2 aromatic rings. The van der Waals surface area contributed by atoms with Crippen LogP contribution in [0, 0.1) is 13.8 Å². The van der Waals surface area contributed by atoms with Crippen molar-refractivity contribution in [3.05, 3.63) is 46.5 Å². The summed E-state index contributed by atoms with van der Waals surface area (Å²) >= 11 is 6.13. The minimum absolute atomic E-state index is 0.0899. The third-order valence-corrected chi connectivity index (χ3v) is 5.70. The highest BCUT2D eigenvalue weighted by Gasteiger charge is 2.21. The Bertz CT molecular complexity index is 880. The van der Waals surface area contributed by atoms with E-state index in [-0.39, 0.29) is 5.91 Å². The molecule has 0 unspecified atom stereocenters. The van der Waals surface area contributed by atoms with E-state index < -0.39 is 0 Å². The molecule has 0 saturated carbocycles. The van der Waals surface area contributed by atoms with E-state index >= 15 is 0 Å². The zero-order valence-electron chi connectivity index (χ0n) is 17.4. The smallest absolute Gasteiger partial charge is 0.238 e. The van der Waals surface area contributed by atoms with Gasteiger partial charge in [0.05, 0.1) is 31.5 Å². The lowest BCUT2D eigenvalue weighted by Crippen LogP contribution is -2.48. The maximum absolute atomic E-state index is 12.6. The molecule has 0 atom stereocenters. The molecular weight excluding hydrogens is 390 g/mol. The number of benzene rings is 2. The van der Waals surface area contributed by atoms with Crippen molar-refractivity contribution in [2.45, 2.75) is 13.8 Å². The summed E-state index contributed by atoms with van der Waals surface area (Å²) in [4.78, 5) is 17.1. The van der Waals surface area contributed by atoms with Crippen molar-refractivity contribution in [1.82, 2.24) is 4.90 Å². The molecule has 1 aliphatic heterocycles. The van der Waals surface area contributed by atoms with Gasteiger partial charge in [-0.3, -0.25) is 9.69 Å². The highest BCUT2D eigenvalue weighted by atomic mass is 35.5. The number of aryl methyl sites for hydroxylation is 1. The fourth-order valence-electron chi connectivity index (χ4n) is 3.58. The van der Waals surface area contributed by atoms with Crippen LogP contribution in [0.5, 0.6) is 11.5 Å². The van der Waals surface area contributed by atoms with Gasteiger partial charge in [0.1, 0.15) is 11.5 Å². The molecule has 1 heterocycles. The van der Waals surface area contributed by atoms with E-state index in [9.17, 15) is 4.79 Å². The van der Waals surface area contributed by atoms with E-state index in [1.165, 1.54) is 23.9 Å². The maximum Gasteiger partial charge on any atom is 0.238 e. The number of rotatable bonds is 6. The summed E-state index contributed by atoms with van der Waals surface area (Å²) < 4.78 is 10.6. The molecule has 2 aromatic carbocycles. The van der Waals surface area contributed by atoms with Gasteiger partial charge >= 0.3 is 0 Å². The molecule has 6 nitrogen and oxygen atoms in total. The fraction of sp³-hybridized carbons (Fsp3) is 0.409. The van der Waals surface area contributed by atoms with E-state index in [0.717, 1.165) is 26.2 Å². The van der Waals surface area contributed by atoms with Crippen LogP contribution in [0.4, 0.5) is 11.4 Å². The number of amides is 1. The summed E-state index contributed by atoms with van der Waals surface area (Å²) in [6.45, 7) is 8.10. The van der Waals surface area contributed by atoms with Crippen LogP contribution in [0.1, 0.15) is 11.1 Å². The first-order chi connectivity index (χ1) is 13.9. The fourth-order valence-corrected chi connectivity index (χ4v) is 3.81. The molecule has 1 N–H and O–H groups in total. The lowest BCUT2D eigenvalue weighted by atomic mass is 10.1. The summed E-state index contributed by atoms with van der Waals surface area (Å²) in [5.41, 5.74) is 4.46. The van der Waals surface area contributed by atoms with Crippen molar-refractivity contribution in [3.8, 4) is 11.5 Å². The lowest BCUT2D eigenvalue weighted by Gasteiger charge is -2.36.